The van der Waals surface area contributed by atoms with Gasteiger partial charge in [-0.1, -0.05) is 50.9 Å². The Morgan fingerprint density at radius 2 is 1.70 bits per heavy atom. The molecule has 2 aromatic rings. The summed E-state index contributed by atoms with van der Waals surface area (Å²) in [4.78, 5) is 0. The highest BCUT2D eigenvalue weighted by Gasteiger charge is 2.14. The van der Waals surface area contributed by atoms with Gasteiger partial charge < -0.3 is 5.32 Å². The Bertz CT molecular complexity index is 569. The minimum Gasteiger partial charge on any atom is -0.310 e. The number of halogens is 3. The summed E-state index contributed by atoms with van der Waals surface area (Å²) in [5.41, 5.74) is 1.88. The molecular weight excluding hydrogens is 385 g/mol. The molecule has 0 aliphatic rings. The van der Waals surface area contributed by atoms with Gasteiger partial charge in [-0.3, -0.25) is 0 Å². The average molecular weight is 401 g/mol. The van der Waals surface area contributed by atoms with Crippen LogP contribution in [0.1, 0.15) is 24.1 Å². The minimum atomic E-state index is -0.159. The average Bonchev–Trinajstić information content (AvgIpc) is 2.43. The zero-order valence-corrected chi connectivity index (χ0v) is 14.3. The molecule has 1 atom stereocenters. The van der Waals surface area contributed by atoms with Gasteiger partial charge in [0.15, 0.2) is 0 Å². The van der Waals surface area contributed by atoms with Crippen LogP contribution in [0.2, 0.25) is 0 Å². The monoisotopic (exact) mass is 399 g/mol. The van der Waals surface area contributed by atoms with Crippen LogP contribution in [0.5, 0.6) is 0 Å². The maximum absolute atomic E-state index is 13.9. The first kappa shape index (κ1) is 15.7. The van der Waals surface area contributed by atoms with Gasteiger partial charge in [0.05, 0.1) is 0 Å². The van der Waals surface area contributed by atoms with Crippen LogP contribution < -0.4 is 5.32 Å². The largest absolute Gasteiger partial charge is 0.310 e. The molecule has 0 aliphatic heterocycles. The fourth-order valence-corrected chi connectivity index (χ4v) is 2.84. The molecule has 20 heavy (non-hydrogen) atoms. The van der Waals surface area contributed by atoms with Gasteiger partial charge in [0.1, 0.15) is 5.82 Å². The molecule has 1 nitrogen and oxygen atoms in total. The fourth-order valence-electron chi connectivity index (χ4n) is 2.17. The smallest absolute Gasteiger partial charge is 0.126 e. The third-order valence-corrected chi connectivity index (χ3v) is 4.18. The van der Waals surface area contributed by atoms with Crippen LogP contribution in [0.25, 0.3) is 0 Å². The fraction of sp³-hybridized carbons (Fsp3) is 0.250. The molecule has 106 valence electrons. The lowest BCUT2D eigenvalue weighted by molar-refractivity contribution is 0.527. The number of hydrogen-bond donors (Lipinski definition) is 1. The van der Waals surface area contributed by atoms with Crippen molar-refractivity contribution in [3.63, 3.8) is 0 Å². The Hall–Kier alpha value is -0.710. The molecule has 0 fully saturated rings. The zero-order chi connectivity index (χ0) is 14.5. The minimum absolute atomic E-state index is 0.108. The van der Waals surface area contributed by atoms with E-state index in [1.165, 1.54) is 6.07 Å². The quantitative estimate of drug-likeness (QED) is 0.723. The van der Waals surface area contributed by atoms with Crippen molar-refractivity contribution in [2.24, 2.45) is 0 Å². The predicted molar refractivity (Wildman–Crippen MR) is 88.4 cm³/mol. The molecule has 0 heterocycles. The first-order valence-electron chi connectivity index (χ1n) is 6.53. The van der Waals surface area contributed by atoms with Crippen LogP contribution in [-0.4, -0.2) is 6.54 Å². The van der Waals surface area contributed by atoms with Crippen molar-refractivity contribution in [1.29, 1.82) is 0 Å². The summed E-state index contributed by atoms with van der Waals surface area (Å²) in [5.74, 6) is -0.159. The Labute approximate surface area is 135 Å². The van der Waals surface area contributed by atoms with Crippen molar-refractivity contribution in [2.75, 3.05) is 6.54 Å². The maximum atomic E-state index is 13.9. The van der Waals surface area contributed by atoms with Crippen molar-refractivity contribution in [3.05, 3.63) is 68.4 Å². The number of rotatable bonds is 5. The van der Waals surface area contributed by atoms with E-state index in [0.717, 1.165) is 21.1 Å². The van der Waals surface area contributed by atoms with E-state index in [-0.39, 0.29) is 11.9 Å². The molecule has 1 N–H and O–H groups in total. The second-order valence-electron chi connectivity index (χ2n) is 4.60. The molecule has 0 radical (unpaired) electrons. The van der Waals surface area contributed by atoms with Gasteiger partial charge in [-0.2, -0.15) is 0 Å². The van der Waals surface area contributed by atoms with E-state index in [0.29, 0.717) is 12.0 Å². The molecule has 0 spiro atoms. The van der Waals surface area contributed by atoms with Gasteiger partial charge in [-0.25, -0.2) is 4.39 Å². The van der Waals surface area contributed by atoms with Crippen LogP contribution in [0, 0.1) is 5.82 Å². The van der Waals surface area contributed by atoms with E-state index < -0.39 is 0 Å². The van der Waals surface area contributed by atoms with Gasteiger partial charge >= 0.3 is 0 Å². The molecule has 0 bridgehead atoms. The molecular formula is C16H16Br2FN. The normalized spacial score (nSPS) is 12.4. The highest BCUT2D eigenvalue weighted by molar-refractivity contribution is 9.10. The molecule has 0 saturated carbocycles. The molecule has 4 heteroatoms. The van der Waals surface area contributed by atoms with Gasteiger partial charge in [-0.15, -0.1) is 0 Å². The van der Waals surface area contributed by atoms with Gasteiger partial charge in [0.2, 0.25) is 0 Å². The molecule has 2 aromatic carbocycles. The zero-order valence-electron chi connectivity index (χ0n) is 11.2. The molecule has 2 rings (SSSR count). The van der Waals surface area contributed by atoms with E-state index in [1.54, 1.807) is 6.07 Å². The molecule has 0 aromatic heterocycles. The standard InChI is InChI=1S/C16H16Br2FN/c1-2-20-16(11-3-5-13(17)6-4-11)10-12-9-14(18)7-8-15(12)19/h3-9,16,20H,2,10H2,1H3. The van der Waals surface area contributed by atoms with Crippen LogP contribution in [0.4, 0.5) is 4.39 Å². The van der Waals surface area contributed by atoms with E-state index in [9.17, 15) is 4.39 Å². The summed E-state index contributed by atoms with van der Waals surface area (Å²) in [5, 5.41) is 3.42. The van der Waals surface area contributed by atoms with Crippen molar-refractivity contribution >= 4 is 31.9 Å². The van der Waals surface area contributed by atoms with Crippen LogP contribution in [0.15, 0.2) is 51.4 Å². The summed E-state index contributed by atoms with van der Waals surface area (Å²) in [6, 6.07) is 13.3. The van der Waals surface area contributed by atoms with E-state index in [1.807, 2.05) is 18.2 Å². The summed E-state index contributed by atoms with van der Waals surface area (Å²) >= 11 is 6.83. The summed E-state index contributed by atoms with van der Waals surface area (Å²) in [6.45, 7) is 2.90. The number of nitrogens with one attached hydrogen (secondary N) is 1. The Morgan fingerprint density at radius 3 is 2.35 bits per heavy atom. The molecule has 0 saturated heterocycles. The third kappa shape index (κ3) is 4.14. The van der Waals surface area contributed by atoms with Gasteiger partial charge in [0, 0.05) is 15.0 Å². The topological polar surface area (TPSA) is 12.0 Å². The summed E-state index contributed by atoms with van der Waals surface area (Å²) in [7, 11) is 0. The highest BCUT2D eigenvalue weighted by atomic mass is 79.9. The molecule has 1 unspecified atom stereocenters. The van der Waals surface area contributed by atoms with Crippen molar-refractivity contribution < 1.29 is 4.39 Å². The van der Waals surface area contributed by atoms with Crippen molar-refractivity contribution in [3.8, 4) is 0 Å². The lowest BCUT2D eigenvalue weighted by Crippen LogP contribution is -2.23. The SMILES string of the molecule is CCNC(Cc1cc(Br)ccc1F)c1ccc(Br)cc1. The maximum Gasteiger partial charge on any atom is 0.126 e. The summed E-state index contributed by atoms with van der Waals surface area (Å²) in [6.07, 6.45) is 0.626. The first-order chi connectivity index (χ1) is 9.60. The number of likely N-dealkylation sites (N-methyl/N-ethyl adjacent to an activating group) is 1. The van der Waals surface area contributed by atoms with Crippen molar-refractivity contribution in [1.82, 2.24) is 5.32 Å². The van der Waals surface area contributed by atoms with Gasteiger partial charge in [-0.05, 0) is 54.4 Å². The third-order valence-electron chi connectivity index (χ3n) is 3.15. The van der Waals surface area contributed by atoms with E-state index in [2.05, 4.69) is 56.2 Å². The summed E-state index contributed by atoms with van der Waals surface area (Å²) < 4.78 is 15.8. The van der Waals surface area contributed by atoms with Gasteiger partial charge in [0.25, 0.3) is 0 Å². The number of benzene rings is 2. The second-order valence-corrected chi connectivity index (χ2v) is 6.43. The lowest BCUT2D eigenvalue weighted by Gasteiger charge is -2.19. The molecule has 0 aliphatic carbocycles. The Morgan fingerprint density at radius 1 is 1.05 bits per heavy atom. The number of hydrogen-bond acceptors (Lipinski definition) is 1. The van der Waals surface area contributed by atoms with Crippen LogP contribution in [-0.2, 0) is 6.42 Å². The van der Waals surface area contributed by atoms with Crippen LogP contribution in [0.3, 0.4) is 0 Å². The lowest BCUT2D eigenvalue weighted by atomic mass is 9.98. The Kier molecular flexibility index (Phi) is 5.75. The first-order valence-corrected chi connectivity index (χ1v) is 8.11. The predicted octanol–water partition coefficient (Wildman–Crippen LogP) is 5.24. The van der Waals surface area contributed by atoms with Crippen molar-refractivity contribution in [2.45, 2.75) is 19.4 Å². The second kappa shape index (κ2) is 7.34. The Balaban J connectivity index is 2.25. The van der Waals surface area contributed by atoms with Crippen LogP contribution >= 0.6 is 31.9 Å². The van der Waals surface area contributed by atoms with E-state index in [4.69, 9.17) is 0 Å². The molecule has 0 amide bonds. The van der Waals surface area contributed by atoms with E-state index >= 15 is 0 Å². The highest BCUT2D eigenvalue weighted by Crippen LogP contribution is 2.24.